The third kappa shape index (κ3) is 4.58. The molecule has 0 spiro atoms. The molecule has 1 rings (SSSR count). The number of aliphatic hydroxyl groups excluding tert-OH is 1. The highest BCUT2D eigenvalue weighted by Crippen LogP contribution is 2.10. The minimum atomic E-state index is -1.25. The van der Waals surface area contributed by atoms with Crippen LogP contribution in [0.4, 0.5) is 10.5 Å². The Balaban J connectivity index is 2.68. The summed E-state index contributed by atoms with van der Waals surface area (Å²) in [5.41, 5.74) is 5.61. The van der Waals surface area contributed by atoms with Crippen molar-refractivity contribution >= 4 is 23.6 Å². The fourth-order valence-electron chi connectivity index (χ4n) is 1.46. The Bertz CT molecular complexity index is 518. The SMILES string of the molecule is NC(=O)c1cccc(NC(=O)NC(CCO)C(=O)O)c1. The Morgan fingerprint density at radius 1 is 1.30 bits per heavy atom. The number of hydrogen-bond acceptors (Lipinski definition) is 4. The van der Waals surface area contributed by atoms with Crippen LogP contribution < -0.4 is 16.4 Å². The molecule has 0 saturated carbocycles. The predicted molar refractivity (Wildman–Crippen MR) is 70.2 cm³/mol. The highest BCUT2D eigenvalue weighted by atomic mass is 16.4. The predicted octanol–water partition coefficient (Wildman–Crippen LogP) is -0.257. The van der Waals surface area contributed by atoms with Crippen molar-refractivity contribution in [2.24, 2.45) is 5.73 Å². The number of primary amides is 1. The fourth-order valence-corrected chi connectivity index (χ4v) is 1.46. The maximum Gasteiger partial charge on any atom is 0.326 e. The molecule has 20 heavy (non-hydrogen) atoms. The molecule has 1 atom stereocenters. The molecule has 0 aliphatic rings. The van der Waals surface area contributed by atoms with Crippen LogP contribution in [0.25, 0.3) is 0 Å². The lowest BCUT2D eigenvalue weighted by Crippen LogP contribution is -2.43. The molecule has 0 radical (unpaired) electrons. The second kappa shape index (κ2) is 7.10. The average molecular weight is 281 g/mol. The number of urea groups is 1. The molecule has 3 amide bonds. The number of hydrogen-bond donors (Lipinski definition) is 5. The highest BCUT2D eigenvalue weighted by Gasteiger charge is 2.19. The lowest BCUT2D eigenvalue weighted by atomic mass is 10.2. The van der Waals surface area contributed by atoms with Crippen molar-refractivity contribution in [3.8, 4) is 0 Å². The molecule has 0 aliphatic heterocycles. The standard InChI is InChI=1S/C12H15N3O5/c13-10(17)7-2-1-3-8(6-7)14-12(20)15-9(4-5-16)11(18)19/h1-3,6,9,16H,4-5H2,(H2,13,17)(H,18,19)(H2,14,15,20). The van der Waals surface area contributed by atoms with E-state index in [1.54, 1.807) is 0 Å². The maximum atomic E-state index is 11.6. The van der Waals surface area contributed by atoms with Gasteiger partial charge in [0.15, 0.2) is 0 Å². The molecule has 0 bridgehead atoms. The fraction of sp³-hybridized carbons (Fsp3) is 0.250. The third-order valence-electron chi connectivity index (χ3n) is 2.43. The Hall–Kier alpha value is -2.61. The number of carbonyl (C=O) groups excluding carboxylic acids is 2. The topological polar surface area (TPSA) is 142 Å². The number of carboxylic acids is 1. The van der Waals surface area contributed by atoms with Crippen molar-refractivity contribution in [3.63, 3.8) is 0 Å². The largest absolute Gasteiger partial charge is 0.480 e. The van der Waals surface area contributed by atoms with Gasteiger partial charge in [0.05, 0.1) is 0 Å². The Morgan fingerprint density at radius 2 is 2.00 bits per heavy atom. The number of anilines is 1. The van der Waals surface area contributed by atoms with Gasteiger partial charge in [-0.1, -0.05) is 6.07 Å². The van der Waals surface area contributed by atoms with E-state index in [0.29, 0.717) is 5.69 Å². The van der Waals surface area contributed by atoms with Gasteiger partial charge in [-0.15, -0.1) is 0 Å². The minimum absolute atomic E-state index is 0.107. The van der Waals surface area contributed by atoms with Gasteiger partial charge in [0, 0.05) is 24.3 Å². The second-order valence-corrected chi connectivity index (χ2v) is 3.95. The van der Waals surface area contributed by atoms with Crippen LogP contribution in [0.5, 0.6) is 0 Å². The van der Waals surface area contributed by atoms with E-state index in [9.17, 15) is 14.4 Å². The van der Waals surface area contributed by atoms with E-state index in [-0.39, 0.29) is 18.6 Å². The van der Waals surface area contributed by atoms with Gasteiger partial charge in [0.25, 0.3) is 0 Å². The summed E-state index contributed by atoms with van der Waals surface area (Å²) in [4.78, 5) is 33.4. The summed E-state index contributed by atoms with van der Waals surface area (Å²) in [6, 6.07) is 3.94. The van der Waals surface area contributed by atoms with Crippen LogP contribution >= 0.6 is 0 Å². The number of nitrogens with two attached hydrogens (primary N) is 1. The van der Waals surface area contributed by atoms with Crippen molar-refractivity contribution < 1.29 is 24.6 Å². The molecule has 1 aromatic rings. The average Bonchev–Trinajstić information content (AvgIpc) is 2.38. The molecule has 8 nitrogen and oxygen atoms in total. The molecule has 1 aromatic carbocycles. The number of rotatable bonds is 6. The zero-order valence-electron chi connectivity index (χ0n) is 10.5. The molecule has 0 fully saturated rings. The van der Waals surface area contributed by atoms with Gasteiger partial charge in [0.2, 0.25) is 5.91 Å². The first-order chi connectivity index (χ1) is 9.43. The van der Waals surface area contributed by atoms with Crippen molar-refractivity contribution in [2.75, 3.05) is 11.9 Å². The number of aliphatic hydroxyl groups is 1. The van der Waals surface area contributed by atoms with Crippen LogP contribution in [-0.4, -0.2) is 40.8 Å². The van der Waals surface area contributed by atoms with E-state index in [1.807, 2.05) is 0 Å². The van der Waals surface area contributed by atoms with Crippen LogP contribution in [-0.2, 0) is 4.79 Å². The van der Waals surface area contributed by atoms with Crippen molar-refractivity contribution in [3.05, 3.63) is 29.8 Å². The number of amides is 3. The van der Waals surface area contributed by atoms with Gasteiger partial charge in [-0.05, 0) is 18.2 Å². The van der Waals surface area contributed by atoms with Gasteiger partial charge in [0.1, 0.15) is 6.04 Å². The lowest BCUT2D eigenvalue weighted by Gasteiger charge is -2.14. The zero-order chi connectivity index (χ0) is 15.1. The molecule has 108 valence electrons. The first-order valence-electron chi connectivity index (χ1n) is 5.75. The summed E-state index contributed by atoms with van der Waals surface area (Å²) in [7, 11) is 0. The minimum Gasteiger partial charge on any atom is -0.480 e. The summed E-state index contributed by atoms with van der Waals surface area (Å²) in [6.07, 6.45) is -0.107. The van der Waals surface area contributed by atoms with E-state index in [0.717, 1.165) is 0 Å². The van der Waals surface area contributed by atoms with Gasteiger partial charge >= 0.3 is 12.0 Å². The van der Waals surface area contributed by atoms with Gasteiger partial charge in [-0.3, -0.25) is 4.79 Å². The zero-order valence-corrected chi connectivity index (χ0v) is 10.5. The van der Waals surface area contributed by atoms with E-state index < -0.39 is 23.9 Å². The number of benzene rings is 1. The number of aliphatic carboxylic acids is 1. The lowest BCUT2D eigenvalue weighted by molar-refractivity contribution is -0.139. The van der Waals surface area contributed by atoms with Gasteiger partial charge in [-0.2, -0.15) is 0 Å². The van der Waals surface area contributed by atoms with Crippen molar-refractivity contribution in [1.82, 2.24) is 5.32 Å². The maximum absolute atomic E-state index is 11.6. The summed E-state index contributed by atoms with van der Waals surface area (Å²) < 4.78 is 0. The third-order valence-corrected chi connectivity index (χ3v) is 2.43. The van der Waals surface area contributed by atoms with E-state index in [2.05, 4.69) is 10.6 Å². The Kier molecular flexibility index (Phi) is 5.48. The van der Waals surface area contributed by atoms with Crippen molar-refractivity contribution in [2.45, 2.75) is 12.5 Å². The summed E-state index contributed by atoms with van der Waals surface area (Å²) in [6.45, 7) is -0.367. The summed E-state index contributed by atoms with van der Waals surface area (Å²) >= 11 is 0. The normalized spacial score (nSPS) is 11.4. The molecule has 1 unspecified atom stereocenters. The van der Waals surface area contributed by atoms with Crippen LogP contribution in [0.15, 0.2) is 24.3 Å². The molecule has 0 heterocycles. The molecule has 0 aliphatic carbocycles. The molecule has 6 N–H and O–H groups in total. The summed E-state index contributed by atoms with van der Waals surface area (Å²) in [5, 5.41) is 22.1. The van der Waals surface area contributed by atoms with Gasteiger partial charge in [-0.25, -0.2) is 9.59 Å². The first kappa shape index (κ1) is 15.4. The summed E-state index contributed by atoms with van der Waals surface area (Å²) in [5.74, 6) is -1.89. The smallest absolute Gasteiger partial charge is 0.326 e. The Morgan fingerprint density at radius 3 is 2.55 bits per heavy atom. The first-order valence-corrected chi connectivity index (χ1v) is 5.75. The highest BCUT2D eigenvalue weighted by molar-refractivity contribution is 5.96. The van der Waals surface area contributed by atoms with E-state index in [1.165, 1.54) is 24.3 Å². The molecule has 0 aromatic heterocycles. The number of carbonyl (C=O) groups is 3. The number of carboxylic acid groups (broad SMARTS) is 1. The van der Waals surface area contributed by atoms with E-state index in [4.69, 9.17) is 15.9 Å². The van der Waals surface area contributed by atoms with Crippen molar-refractivity contribution in [1.29, 1.82) is 0 Å². The molecule has 8 heteroatoms. The second-order valence-electron chi connectivity index (χ2n) is 3.95. The number of nitrogens with one attached hydrogen (secondary N) is 2. The van der Waals surface area contributed by atoms with Gasteiger partial charge < -0.3 is 26.6 Å². The monoisotopic (exact) mass is 281 g/mol. The van der Waals surface area contributed by atoms with Crippen LogP contribution in [0, 0.1) is 0 Å². The molecular weight excluding hydrogens is 266 g/mol. The van der Waals surface area contributed by atoms with Crippen LogP contribution in [0.1, 0.15) is 16.8 Å². The van der Waals surface area contributed by atoms with Crippen LogP contribution in [0.2, 0.25) is 0 Å². The van der Waals surface area contributed by atoms with E-state index >= 15 is 0 Å². The Labute approximate surface area is 114 Å². The quantitative estimate of drug-likeness (QED) is 0.488. The van der Waals surface area contributed by atoms with Crippen LogP contribution in [0.3, 0.4) is 0 Å². The molecular formula is C12H15N3O5. The molecule has 0 saturated heterocycles.